The Morgan fingerprint density at radius 2 is 1.95 bits per heavy atom. The summed E-state index contributed by atoms with van der Waals surface area (Å²) < 4.78 is 0.994. The van der Waals surface area contributed by atoms with Crippen LogP contribution in [0.25, 0.3) is 0 Å². The maximum Gasteiger partial charge on any atom is 0.0649 e. The molecule has 0 aliphatic heterocycles. The molecule has 5 heteroatoms. The molecule has 108 valence electrons. The van der Waals surface area contributed by atoms with Gasteiger partial charge in [0.2, 0.25) is 0 Å². The van der Waals surface area contributed by atoms with Crippen LogP contribution in [0.15, 0.2) is 16.6 Å². The average molecular weight is 368 g/mol. The SMILES string of the molecule is CN(Cc1cc(Br)cc(Cl)c1N)C1CCCCC1.Cl. The third kappa shape index (κ3) is 4.52. The lowest BCUT2D eigenvalue weighted by atomic mass is 9.94. The molecular formula is C14H21BrCl2N2. The zero-order valence-electron chi connectivity index (χ0n) is 11.2. The second-order valence-electron chi connectivity index (χ2n) is 5.17. The quantitative estimate of drug-likeness (QED) is 0.772. The normalized spacial score (nSPS) is 16.4. The second kappa shape index (κ2) is 7.72. The Hall–Kier alpha value is 0.0400. The molecule has 0 radical (unpaired) electrons. The van der Waals surface area contributed by atoms with E-state index in [2.05, 4.69) is 33.9 Å². The molecule has 1 aromatic carbocycles. The average Bonchev–Trinajstić information content (AvgIpc) is 2.36. The first-order valence-corrected chi connectivity index (χ1v) is 7.68. The van der Waals surface area contributed by atoms with E-state index in [1.807, 2.05) is 6.07 Å². The largest absolute Gasteiger partial charge is 0.397 e. The second-order valence-corrected chi connectivity index (χ2v) is 6.49. The number of nitrogens with two attached hydrogens (primary N) is 1. The fourth-order valence-electron chi connectivity index (χ4n) is 2.69. The minimum Gasteiger partial charge on any atom is -0.397 e. The van der Waals surface area contributed by atoms with Gasteiger partial charge in [-0.15, -0.1) is 12.4 Å². The predicted octanol–water partition coefficient (Wildman–Crippen LogP) is 4.87. The highest BCUT2D eigenvalue weighted by Gasteiger charge is 2.19. The van der Waals surface area contributed by atoms with Crippen LogP contribution < -0.4 is 5.73 Å². The van der Waals surface area contributed by atoms with Crippen molar-refractivity contribution in [2.45, 2.75) is 44.7 Å². The van der Waals surface area contributed by atoms with Crippen molar-refractivity contribution < 1.29 is 0 Å². The number of anilines is 1. The molecule has 1 fully saturated rings. The van der Waals surface area contributed by atoms with Crippen molar-refractivity contribution >= 4 is 45.6 Å². The molecule has 0 unspecified atom stereocenters. The summed E-state index contributed by atoms with van der Waals surface area (Å²) in [7, 11) is 2.18. The Morgan fingerprint density at radius 1 is 1.32 bits per heavy atom. The smallest absolute Gasteiger partial charge is 0.0649 e. The van der Waals surface area contributed by atoms with E-state index in [-0.39, 0.29) is 12.4 Å². The van der Waals surface area contributed by atoms with Gasteiger partial charge in [-0.05, 0) is 37.6 Å². The lowest BCUT2D eigenvalue weighted by Crippen LogP contribution is -2.33. The number of rotatable bonds is 3. The zero-order chi connectivity index (χ0) is 13.1. The minimum atomic E-state index is 0. The molecule has 0 bridgehead atoms. The molecule has 0 atom stereocenters. The molecule has 0 heterocycles. The van der Waals surface area contributed by atoms with Crippen LogP contribution in [-0.2, 0) is 6.54 Å². The van der Waals surface area contributed by atoms with Gasteiger partial charge in [0.05, 0.1) is 10.7 Å². The Bertz CT molecular complexity index is 420. The van der Waals surface area contributed by atoms with Gasteiger partial charge in [-0.25, -0.2) is 0 Å². The van der Waals surface area contributed by atoms with Gasteiger partial charge in [0.1, 0.15) is 0 Å². The lowest BCUT2D eigenvalue weighted by Gasteiger charge is -2.31. The van der Waals surface area contributed by atoms with Gasteiger partial charge in [0.15, 0.2) is 0 Å². The molecular weight excluding hydrogens is 347 g/mol. The maximum atomic E-state index is 6.11. The van der Waals surface area contributed by atoms with Crippen molar-refractivity contribution in [1.82, 2.24) is 4.90 Å². The molecule has 2 rings (SSSR count). The standard InChI is InChI=1S/C14H20BrClN2.ClH/c1-18(12-5-3-2-4-6-12)9-10-7-11(15)8-13(16)14(10)17;/h7-8,12H,2-6,9,17H2,1H3;1H. The number of nitrogen functional groups attached to an aromatic ring is 1. The molecule has 2 N–H and O–H groups in total. The highest BCUT2D eigenvalue weighted by Crippen LogP contribution is 2.30. The van der Waals surface area contributed by atoms with E-state index >= 15 is 0 Å². The van der Waals surface area contributed by atoms with Gasteiger partial charge in [-0.1, -0.05) is 46.8 Å². The predicted molar refractivity (Wildman–Crippen MR) is 89.2 cm³/mol. The molecule has 0 amide bonds. The molecule has 1 aromatic rings. The van der Waals surface area contributed by atoms with E-state index in [1.165, 1.54) is 32.1 Å². The van der Waals surface area contributed by atoms with Crippen LogP contribution >= 0.6 is 39.9 Å². The molecule has 1 aliphatic rings. The number of benzene rings is 1. The van der Waals surface area contributed by atoms with Crippen LogP contribution in [0.5, 0.6) is 0 Å². The Labute approximate surface area is 135 Å². The minimum absolute atomic E-state index is 0. The molecule has 2 nitrogen and oxygen atoms in total. The van der Waals surface area contributed by atoms with Crippen LogP contribution in [0.3, 0.4) is 0 Å². The molecule has 0 aromatic heterocycles. The van der Waals surface area contributed by atoms with Gasteiger partial charge in [0, 0.05) is 17.1 Å². The first-order valence-electron chi connectivity index (χ1n) is 6.51. The van der Waals surface area contributed by atoms with Crippen molar-refractivity contribution in [3.8, 4) is 0 Å². The first-order chi connectivity index (χ1) is 8.58. The summed E-state index contributed by atoms with van der Waals surface area (Å²) >= 11 is 9.59. The molecule has 19 heavy (non-hydrogen) atoms. The van der Waals surface area contributed by atoms with E-state index in [0.29, 0.717) is 16.8 Å². The molecule has 0 saturated heterocycles. The van der Waals surface area contributed by atoms with E-state index in [9.17, 15) is 0 Å². The van der Waals surface area contributed by atoms with Crippen molar-refractivity contribution in [3.05, 3.63) is 27.2 Å². The van der Waals surface area contributed by atoms with Crippen LogP contribution in [0.1, 0.15) is 37.7 Å². The Balaban J connectivity index is 0.00000180. The summed E-state index contributed by atoms with van der Waals surface area (Å²) in [4.78, 5) is 2.41. The van der Waals surface area contributed by atoms with Gasteiger partial charge in [-0.3, -0.25) is 4.90 Å². The summed E-state index contributed by atoms with van der Waals surface area (Å²) in [5, 5.41) is 0.636. The zero-order valence-corrected chi connectivity index (χ0v) is 14.3. The number of hydrogen-bond acceptors (Lipinski definition) is 2. The highest BCUT2D eigenvalue weighted by atomic mass is 79.9. The summed E-state index contributed by atoms with van der Waals surface area (Å²) in [6.07, 6.45) is 6.69. The third-order valence-electron chi connectivity index (χ3n) is 3.80. The summed E-state index contributed by atoms with van der Waals surface area (Å²) in [5.41, 5.74) is 7.87. The van der Waals surface area contributed by atoms with Gasteiger partial charge >= 0.3 is 0 Å². The topological polar surface area (TPSA) is 29.3 Å². The van der Waals surface area contributed by atoms with E-state index in [4.69, 9.17) is 17.3 Å². The Kier molecular flexibility index (Phi) is 6.95. The molecule has 1 saturated carbocycles. The number of hydrogen-bond donors (Lipinski definition) is 1. The number of nitrogens with zero attached hydrogens (tertiary/aromatic N) is 1. The summed E-state index contributed by atoms with van der Waals surface area (Å²) in [5.74, 6) is 0. The molecule has 0 spiro atoms. The Morgan fingerprint density at radius 3 is 2.58 bits per heavy atom. The van der Waals surface area contributed by atoms with Gasteiger partial charge in [0.25, 0.3) is 0 Å². The fourth-order valence-corrected chi connectivity index (χ4v) is 3.56. The first kappa shape index (κ1) is 17.1. The van der Waals surface area contributed by atoms with E-state index in [0.717, 1.165) is 16.6 Å². The van der Waals surface area contributed by atoms with Crippen molar-refractivity contribution in [2.24, 2.45) is 0 Å². The van der Waals surface area contributed by atoms with Crippen molar-refractivity contribution in [1.29, 1.82) is 0 Å². The van der Waals surface area contributed by atoms with Crippen LogP contribution in [0, 0.1) is 0 Å². The molecule has 1 aliphatic carbocycles. The lowest BCUT2D eigenvalue weighted by molar-refractivity contribution is 0.185. The van der Waals surface area contributed by atoms with Crippen molar-refractivity contribution in [3.63, 3.8) is 0 Å². The van der Waals surface area contributed by atoms with Crippen LogP contribution in [-0.4, -0.2) is 18.0 Å². The fraction of sp³-hybridized carbons (Fsp3) is 0.571. The van der Waals surface area contributed by atoms with Crippen LogP contribution in [0.4, 0.5) is 5.69 Å². The van der Waals surface area contributed by atoms with Crippen molar-refractivity contribution in [2.75, 3.05) is 12.8 Å². The highest BCUT2D eigenvalue weighted by molar-refractivity contribution is 9.10. The van der Waals surface area contributed by atoms with E-state index in [1.54, 1.807) is 0 Å². The summed E-state index contributed by atoms with van der Waals surface area (Å²) in [6.45, 7) is 0.871. The van der Waals surface area contributed by atoms with Crippen LogP contribution in [0.2, 0.25) is 5.02 Å². The monoisotopic (exact) mass is 366 g/mol. The number of halogens is 3. The third-order valence-corrected chi connectivity index (χ3v) is 4.57. The summed E-state index contributed by atoms with van der Waals surface area (Å²) in [6, 6.07) is 4.61. The maximum absolute atomic E-state index is 6.11. The van der Waals surface area contributed by atoms with Gasteiger partial charge in [-0.2, -0.15) is 0 Å². The van der Waals surface area contributed by atoms with Gasteiger partial charge < -0.3 is 5.73 Å². The van der Waals surface area contributed by atoms with E-state index < -0.39 is 0 Å².